The third kappa shape index (κ3) is 17.6. The summed E-state index contributed by atoms with van der Waals surface area (Å²) in [5.41, 5.74) is 6.92. The van der Waals surface area contributed by atoms with Gasteiger partial charge >= 0.3 is 37.7 Å². The van der Waals surface area contributed by atoms with Crippen molar-refractivity contribution in [2.45, 2.75) is 116 Å². The van der Waals surface area contributed by atoms with Gasteiger partial charge in [0.25, 0.3) is 11.8 Å². The minimum Gasteiger partial charge on any atom is -0.550 e. The first-order valence-electron chi connectivity index (χ1n) is 27.9. The summed E-state index contributed by atoms with van der Waals surface area (Å²) in [5, 5.41) is 109. The monoisotopic (exact) mass is 1220 g/mol. The third-order valence-electron chi connectivity index (χ3n) is 14.2. The molecule has 8 aromatic rings. The number of carboxylic acid groups (broad SMARTS) is 2. The number of amides is 2. The number of aromatic hydroxyl groups is 4. The number of aliphatic hydroxyl groups excluding tert-OH is 4. The fraction of sp³-hybridized carbons (Fsp3) is 0.273. The third-order valence-corrected chi connectivity index (χ3v) is 14.2. The number of halogens is 2. The first kappa shape index (κ1) is 68.0. The van der Waals surface area contributed by atoms with Gasteiger partial charge in [0.15, 0.2) is 0 Å². The predicted octanol–water partition coefficient (Wildman–Crippen LogP) is 8.40. The molecule has 0 fully saturated rings. The summed E-state index contributed by atoms with van der Waals surface area (Å²) in [5.74, 6) is -6.23. The molecule has 8 rings (SSSR count). The summed E-state index contributed by atoms with van der Waals surface area (Å²) >= 11 is 0. The molecule has 0 saturated heterocycles. The van der Waals surface area contributed by atoms with Crippen molar-refractivity contribution in [2.75, 3.05) is 10.6 Å². The molecule has 21 heteroatoms. The van der Waals surface area contributed by atoms with E-state index in [9.17, 15) is 79.0 Å². The largest absolute Gasteiger partial charge is 2.00 e. The number of carbonyl (C=O) groups excluding carboxylic acids is 4. The van der Waals surface area contributed by atoms with Crippen molar-refractivity contribution in [3.63, 3.8) is 0 Å². The van der Waals surface area contributed by atoms with E-state index in [2.05, 4.69) is 10.6 Å². The van der Waals surface area contributed by atoms with Crippen molar-refractivity contribution >= 4 is 72.9 Å². The molecule has 0 unspecified atom stereocenters. The van der Waals surface area contributed by atoms with Crippen LogP contribution in [0.3, 0.4) is 0 Å². The van der Waals surface area contributed by atoms with Gasteiger partial charge in [-0.15, -0.1) is 0 Å². The molecule has 0 aliphatic carbocycles. The number of aliphatic carboxylic acids is 2. The van der Waals surface area contributed by atoms with Crippen LogP contribution in [0.25, 0.3) is 44.8 Å². The van der Waals surface area contributed by atoms with Gasteiger partial charge in [0, 0.05) is 72.5 Å². The number of carboxylic acids is 2. The van der Waals surface area contributed by atoms with Crippen molar-refractivity contribution in [3.05, 3.63) is 180 Å². The number of hydrogen-bond acceptors (Lipinski definition) is 14. The van der Waals surface area contributed by atoms with Crippen molar-refractivity contribution in [2.24, 2.45) is 0 Å². The van der Waals surface area contributed by atoms with Crippen molar-refractivity contribution < 1.29 is 79.0 Å². The molecule has 6 aromatic carbocycles. The van der Waals surface area contributed by atoms with Crippen LogP contribution in [0.4, 0.5) is 20.2 Å². The van der Waals surface area contributed by atoms with Crippen LogP contribution in [0, 0.1) is 11.6 Å². The van der Waals surface area contributed by atoms with Gasteiger partial charge in [-0.05, 0) is 133 Å². The summed E-state index contributed by atoms with van der Waals surface area (Å²) in [6.45, 7) is 7.98. The van der Waals surface area contributed by atoms with E-state index < -0.39 is 72.6 Å². The number of rotatable bonds is 24. The Morgan fingerprint density at radius 3 is 1.10 bits per heavy atom. The molecule has 2 aromatic heterocycles. The molecule has 4 atom stereocenters. The van der Waals surface area contributed by atoms with E-state index in [1.165, 1.54) is 48.5 Å². The van der Waals surface area contributed by atoms with Gasteiger partial charge in [-0.2, -0.15) is 0 Å². The average molecular weight is 1220 g/mol. The van der Waals surface area contributed by atoms with Crippen molar-refractivity contribution in [3.8, 4) is 67.8 Å². The van der Waals surface area contributed by atoms with E-state index in [0.29, 0.717) is 67.3 Å². The van der Waals surface area contributed by atoms with Gasteiger partial charge < -0.3 is 80.4 Å². The van der Waals surface area contributed by atoms with Gasteiger partial charge in [-0.3, -0.25) is 9.59 Å². The number of phenols is 4. The molecule has 452 valence electrons. The number of aliphatic hydroxyl groups is 4. The fourth-order valence-corrected chi connectivity index (χ4v) is 10.6. The van der Waals surface area contributed by atoms with E-state index >= 15 is 0 Å². The minimum absolute atomic E-state index is 0. The zero-order chi connectivity index (χ0) is 62.5. The van der Waals surface area contributed by atoms with Crippen LogP contribution in [-0.2, 0) is 22.7 Å². The Hall–Kier alpha value is -8.08. The molecule has 87 heavy (non-hydrogen) atoms. The normalized spacial score (nSPS) is 12.6. The number of benzene rings is 6. The second-order valence-electron chi connectivity index (χ2n) is 21.5. The summed E-state index contributed by atoms with van der Waals surface area (Å²) < 4.78 is 31.8. The number of carbonyl (C=O) groups is 4. The van der Waals surface area contributed by atoms with Crippen molar-refractivity contribution in [1.82, 2.24) is 9.13 Å². The Morgan fingerprint density at radius 2 is 0.805 bits per heavy atom. The molecule has 0 radical (unpaired) electrons. The molecule has 18 nitrogen and oxygen atoms in total. The molecule has 10 N–H and O–H groups in total. The standard InChI is InChI=1S/2C33H35FN2O7.Ca/c2*1-19(2)31-30(33(43)35-26-13-12-23(37)17-27(26)40)29(20-6-4-3-5-7-20)32(21-8-10-22(34)11-9-21)36(31)15-14-24(38)16-25(39)18-28(41)42;/h2*3-13,17,19,24-25,37-40H,14-16,18H2,1-2H3,(H,35,43)(H,41,42);/q;;+2/p-2/t2*24-,25-;/m11./s1. The number of nitrogens with one attached hydrogen (secondary N) is 2. The number of nitrogens with zero attached hydrogens (tertiary/aromatic N) is 2. The van der Waals surface area contributed by atoms with Crippen LogP contribution in [0.2, 0.25) is 0 Å². The number of anilines is 2. The summed E-state index contributed by atoms with van der Waals surface area (Å²) in [6.07, 6.45) is -6.06. The Kier molecular flexibility index (Phi) is 24.3. The second-order valence-corrected chi connectivity index (χ2v) is 21.5. The van der Waals surface area contributed by atoms with Crippen LogP contribution in [0.5, 0.6) is 23.0 Å². The number of aromatic nitrogens is 2. The first-order valence-corrected chi connectivity index (χ1v) is 27.9. The fourth-order valence-electron chi connectivity index (χ4n) is 10.6. The first-order chi connectivity index (χ1) is 40.9. The smallest absolute Gasteiger partial charge is 0.550 e. The summed E-state index contributed by atoms with van der Waals surface area (Å²) in [7, 11) is 0. The van der Waals surface area contributed by atoms with E-state index in [0.717, 1.165) is 12.1 Å². The van der Waals surface area contributed by atoms with Crippen molar-refractivity contribution in [1.29, 1.82) is 0 Å². The van der Waals surface area contributed by atoms with E-state index in [1.807, 2.05) is 97.5 Å². The topological polar surface area (TPSA) is 310 Å². The molecule has 2 amide bonds. The Balaban J connectivity index is 0.000000275. The number of phenolic OH excluding ortho intramolecular Hbond substituents is 4. The van der Waals surface area contributed by atoms with Gasteiger partial charge in [0.05, 0.1) is 58.3 Å². The van der Waals surface area contributed by atoms with E-state index in [1.54, 1.807) is 24.3 Å². The Morgan fingerprint density at radius 1 is 0.471 bits per heavy atom. The summed E-state index contributed by atoms with van der Waals surface area (Å²) in [4.78, 5) is 50.0. The predicted molar refractivity (Wildman–Crippen MR) is 322 cm³/mol. The van der Waals surface area contributed by atoms with Crippen LogP contribution in [0.15, 0.2) is 146 Å². The van der Waals surface area contributed by atoms with Gasteiger partial charge in [0.1, 0.15) is 34.6 Å². The molecule has 0 aliphatic rings. The molecule has 0 spiro atoms. The molecule has 0 saturated carbocycles. The van der Waals surface area contributed by atoms with Crippen LogP contribution < -0.4 is 20.8 Å². The van der Waals surface area contributed by atoms with E-state index in [4.69, 9.17) is 0 Å². The quantitative estimate of drug-likeness (QED) is 0.0154. The maximum absolute atomic E-state index is 14.1. The number of hydrogen-bond donors (Lipinski definition) is 10. The minimum atomic E-state index is -1.42. The maximum Gasteiger partial charge on any atom is 2.00 e. The molecule has 0 bridgehead atoms. The maximum atomic E-state index is 14.1. The van der Waals surface area contributed by atoms with Crippen LogP contribution in [0.1, 0.15) is 110 Å². The summed E-state index contributed by atoms with van der Waals surface area (Å²) in [6, 6.07) is 37.7. The second kappa shape index (κ2) is 31.0. The Bertz CT molecular complexity index is 3410. The SMILES string of the molecule is CC(C)c1c(C(=O)Nc2ccc(O)cc2O)c(-c2ccccc2)c(-c2ccc(F)cc2)n1CC[C@@H](O)C[C@@H](O)CC(=O)[O-].CC(C)c1c(C(=O)Nc2ccc(O)cc2O)c(-c2ccccc2)c(-c2ccc(F)cc2)n1CC[C@@H](O)C[C@@H](O)CC(=O)[O-].[Ca+2]. The molecule has 2 heterocycles. The molecular weight excluding hydrogens is 1150 g/mol. The van der Waals surface area contributed by atoms with Gasteiger partial charge in [-0.25, -0.2) is 8.78 Å². The zero-order valence-corrected chi connectivity index (χ0v) is 50.6. The molecular formula is C66H68CaF2N4O14. The molecule has 0 aliphatic heterocycles. The van der Waals surface area contributed by atoms with Crippen LogP contribution in [-0.4, -0.2) is 136 Å². The van der Waals surface area contributed by atoms with Gasteiger partial charge in [0.2, 0.25) is 0 Å². The average Bonchev–Trinajstić information content (AvgIpc) is 1.63. The Labute approximate surface area is 531 Å². The van der Waals surface area contributed by atoms with Crippen LogP contribution >= 0.6 is 0 Å². The zero-order valence-electron chi connectivity index (χ0n) is 48.4. The van der Waals surface area contributed by atoms with Gasteiger partial charge in [-0.1, -0.05) is 88.4 Å². The van der Waals surface area contributed by atoms with E-state index in [-0.39, 0.29) is 123 Å².